The van der Waals surface area contributed by atoms with Crippen LogP contribution in [-0.2, 0) is 0 Å². The van der Waals surface area contributed by atoms with Crippen molar-refractivity contribution in [2.75, 3.05) is 26.2 Å². The number of imidazole rings is 1. The Morgan fingerprint density at radius 1 is 1.08 bits per heavy atom. The number of rotatable bonds is 7. The third-order valence-corrected chi connectivity index (χ3v) is 7.49. The molecule has 0 spiro atoms. The Morgan fingerprint density at radius 3 is 2.72 bits per heavy atom. The summed E-state index contributed by atoms with van der Waals surface area (Å²) >= 11 is 0. The van der Waals surface area contributed by atoms with Crippen molar-refractivity contribution < 1.29 is 14.6 Å². The molecule has 0 radical (unpaired) electrons. The van der Waals surface area contributed by atoms with Gasteiger partial charge in [-0.15, -0.1) is 0 Å². The highest BCUT2D eigenvalue weighted by Gasteiger charge is 2.31. The SMILES string of the molecule is CCC1CN(CCOc2ccc(C3Oc4ccc(O)cc4C(C)=C3c3cccc4[nH]cnc34)cc2)C1. The van der Waals surface area contributed by atoms with Gasteiger partial charge in [0, 0.05) is 36.3 Å². The molecule has 6 nitrogen and oxygen atoms in total. The lowest BCUT2D eigenvalue weighted by atomic mass is 9.85. The summed E-state index contributed by atoms with van der Waals surface area (Å²) in [4.78, 5) is 10.3. The molecule has 2 aliphatic rings. The molecule has 0 amide bonds. The predicted octanol–water partition coefficient (Wildman–Crippen LogP) is 6.05. The quantitative estimate of drug-likeness (QED) is 0.336. The van der Waals surface area contributed by atoms with Crippen molar-refractivity contribution in [3.8, 4) is 17.2 Å². The van der Waals surface area contributed by atoms with Gasteiger partial charge in [-0.05, 0) is 60.4 Å². The molecule has 0 bridgehead atoms. The number of ether oxygens (including phenoxy) is 2. The van der Waals surface area contributed by atoms with Crippen molar-refractivity contribution >= 4 is 22.2 Å². The van der Waals surface area contributed by atoms with Gasteiger partial charge in [-0.2, -0.15) is 0 Å². The van der Waals surface area contributed by atoms with Gasteiger partial charge in [0.1, 0.15) is 30.0 Å². The number of aromatic hydroxyl groups is 1. The highest BCUT2D eigenvalue weighted by molar-refractivity contribution is 6.02. The lowest BCUT2D eigenvalue weighted by molar-refractivity contribution is 0.0806. The fraction of sp³-hybridized carbons (Fsp3) is 0.300. The second-order valence-corrected chi connectivity index (χ2v) is 9.77. The van der Waals surface area contributed by atoms with E-state index in [1.165, 1.54) is 19.5 Å². The number of para-hydroxylation sites is 1. The fourth-order valence-electron chi connectivity index (χ4n) is 5.35. The summed E-state index contributed by atoms with van der Waals surface area (Å²) in [7, 11) is 0. The van der Waals surface area contributed by atoms with Crippen LogP contribution >= 0.6 is 0 Å². The molecule has 4 aromatic rings. The average molecular weight is 482 g/mol. The molecule has 2 N–H and O–H groups in total. The van der Waals surface area contributed by atoms with E-state index in [1.54, 1.807) is 18.5 Å². The first-order valence-corrected chi connectivity index (χ1v) is 12.7. The molecule has 3 heterocycles. The van der Waals surface area contributed by atoms with E-state index in [9.17, 15) is 5.11 Å². The van der Waals surface area contributed by atoms with Gasteiger partial charge in [0.15, 0.2) is 0 Å². The molecule has 0 aliphatic carbocycles. The maximum Gasteiger partial charge on any atom is 0.150 e. The molecule has 0 saturated carbocycles. The molecule has 184 valence electrons. The maximum atomic E-state index is 10.2. The van der Waals surface area contributed by atoms with Crippen molar-refractivity contribution in [3.05, 3.63) is 83.7 Å². The Bertz CT molecular complexity index is 1420. The number of aromatic nitrogens is 2. The second kappa shape index (κ2) is 9.36. The molecule has 1 atom stereocenters. The van der Waals surface area contributed by atoms with E-state index >= 15 is 0 Å². The third kappa shape index (κ3) is 4.11. The summed E-state index contributed by atoms with van der Waals surface area (Å²) in [5.41, 5.74) is 6.94. The van der Waals surface area contributed by atoms with Crippen molar-refractivity contribution in [2.45, 2.75) is 26.4 Å². The second-order valence-electron chi connectivity index (χ2n) is 9.77. The molecule has 2 aliphatic heterocycles. The van der Waals surface area contributed by atoms with Gasteiger partial charge in [-0.25, -0.2) is 4.98 Å². The number of phenolic OH excluding ortho intramolecular Hbond substituents is 1. The van der Waals surface area contributed by atoms with Crippen LogP contribution in [0.15, 0.2) is 67.0 Å². The summed E-state index contributed by atoms with van der Waals surface area (Å²) in [6.45, 7) is 8.38. The number of likely N-dealkylation sites (tertiary alicyclic amines) is 1. The molecule has 1 aromatic heterocycles. The number of allylic oxidation sites excluding steroid dienone is 1. The topological polar surface area (TPSA) is 70.6 Å². The normalized spacial score (nSPS) is 18.1. The predicted molar refractivity (Wildman–Crippen MR) is 142 cm³/mol. The highest BCUT2D eigenvalue weighted by Crippen LogP contribution is 2.48. The number of hydrogen-bond acceptors (Lipinski definition) is 5. The van der Waals surface area contributed by atoms with E-state index in [4.69, 9.17) is 9.47 Å². The van der Waals surface area contributed by atoms with Crippen LogP contribution in [0.4, 0.5) is 0 Å². The number of phenols is 1. The Labute approximate surface area is 211 Å². The zero-order valence-corrected chi connectivity index (χ0v) is 20.7. The zero-order valence-electron chi connectivity index (χ0n) is 20.7. The van der Waals surface area contributed by atoms with Crippen molar-refractivity contribution in [2.24, 2.45) is 5.92 Å². The molecule has 1 fully saturated rings. The van der Waals surface area contributed by atoms with Gasteiger partial charge < -0.3 is 19.6 Å². The Morgan fingerprint density at radius 2 is 1.92 bits per heavy atom. The molecule has 6 heteroatoms. The number of aromatic amines is 1. The van der Waals surface area contributed by atoms with Crippen LogP contribution in [0.3, 0.4) is 0 Å². The van der Waals surface area contributed by atoms with Crippen LogP contribution in [0.5, 0.6) is 17.2 Å². The molecule has 36 heavy (non-hydrogen) atoms. The summed E-state index contributed by atoms with van der Waals surface area (Å²) in [5, 5.41) is 10.2. The molecule has 3 aromatic carbocycles. The zero-order chi connectivity index (χ0) is 24.6. The van der Waals surface area contributed by atoms with Crippen LogP contribution in [0.1, 0.15) is 43.1 Å². The molecular formula is C30H31N3O3. The molecule has 1 saturated heterocycles. The summed E-state index contributed by atoms with van der Waals surface area (Å²) in [5.74, 6) is 2.70. The van der Waals surface area contributed by atoms with E-state index in [-0.39, 0.29) is 11.9 Å². The van der Waals surface area contributed by atoms with Crippen molar-refractivity contribution in [1.29, 1.82) is 0 Å². The minimum atomic E-state index is -0.314. The van der Waals surface area contributed by atoms with E-state index in [0.29, 0.717) is 6.61 Å². The number of nitrogens with zero attached hydrogens (tertiary/aromatic N) is 2. The van der Waals surface area contributed by atoms with Crippen LogP contribution in [0.2, 0.25) is 0 Å². The first kappa shape index (κ1) is 22.7. The molecule has 6 rings (SSSR count). The van der Waals surface area contributed by atoms with Crippen LogP contribution < -0.4 is 9.47 Å². The lowest BCUT2D eigenvalue weighted by Gasteiger charge is -2.38. The number of H-pyrrole nitrogens is 1. The maximum absolute atomic E-state index is 10.2. The van der Waals surface area contributed by atoms with Gasteiger partial charge in [0.05, 0.1) is 17.4 Å². The van der Waals surface area contributed by atoms with Gasteiger partial charge in [-0.3, -0.25) is 4.90 Å². The Hall–Kier alpha value is -3.77. The van der Waals surface area contributed by atoms with Gasteiger partial charge >= 0.3 is 0 Å². The van der Waals surface area contributed by atoms with Gasteiger partial charge in [-0.1, -0.05) is 37.6 Å². The summed E-state index contributed by atoms with van der Waals surface area (Å²) < 4.78 is 12.6. The minimum Gasteiger partial charge on any atom is -0.508 e. The van der Waals surface area contributed by atoms with Crippen molar-refractivity contribution in [3.63, 3.8) is 0 Å². The number of hydrogen-bond donors (Lipinski definition) is 2. The smallest absolute Gasteiger partial charge is 0.150 e. The van der Waals surface area contributed by atoms with E-state index < -0.39 is 0 Å². The van der Waals surface area contributed by atoms with Gasteiger partial charge in [0.25, 0.3) is 0 Å². The van der Waals surface area contributed by atoms with Crippen LogP contribution in [0, 0.1) is 5.92 Å². The largest absolute Gasteiger partial charge is 0.508 e. The van der Waals surface area contributed by atoms with E-state index in [0.717, 1.165) is 62.8 Å². The Balaban J connectivity index is 1.30. The molecular weight excluding hydrogens is 450 g/mol. The van der Waals surface area contributed by atoms with Crippen LogP contribution in [-0.4, -0.2) is 46.2 Å². The number of nitrogens with one attached hydrogen (secondary N) is 1. The minimum absolute atomic E-state index is 0.220. The van der Waals surface area contributed by atoms with E-state index in [2.05, 4.69) is 46.9 Å². The van der Waals surface area contributed by atoms with Crippen molar-refractivity contribution in [1.82, 2.24) is 14.9 Å². The summed E-state index contributed by atoms with van der Waals surface area (Å²) in [6.07, 6.45) is 2.67. The first-order valence-electron chi connectivity index (χ1n) is 12.7. The number of benzene rings is 3. The lowest BCUT2D eigenvalue weighted by Crippen LogP contribution is -2.47. The fourth-order valence-corrected chi connectivity index (χ4v) is 5.35. The van der Waals surface area contributed by atoms with Gasteiger partial charge in [0.2, 0.25) is 0 Å². The summed E-state index contributed by atoms with van der Waals surface area (Å²) in [6, 6.07) is 19.6. The third-order valence-electron chi connectivity index (χ3n) is 7.49. The highest BCUT2D eigenvalue weighted by atomic mass is 16.5. The number of fused-ring (bicyclic) bond motifs is 2. The van der Waals surface area contributed by atoms with E-state index in [1.807, 2.05) is 30.3 Å². The standard InChI is InChI=1S/C30H31N3O3/c1-3-20-16-33(17-20)13-14-35-23-10-7-21(8-11-23)30-28(24-5-4-6-26-29(24)32-18-31-26)19(2)25-15-22(34)9-12-27(25)36-30/h4-12,15,18,20,30,34H,3,13-14,16-17H2,1-2H3,(H,31,32). The monoisotopic (exact) mass is 481 g/mol. The Kier molecular flexibility index (Phi) is 5.89. The first-order chi connectivity index (χ1) is 17.6. The molecule has 1 unspecified atom stereocenters. The average Bonchev–Trinajstić information content (AvgIpc) is 3.35. The van der Waals surface area contributed by atoms with Crippen LogP contribution in [0.25, 0.3) is 22.2 Å².